The normalized spacial score (nSPS) is 14.9. The van der Waals surface area contributed by atoms with Crippen molar-refractivity contribution in [3.8, 4) is 11.4 Å². The fourth-order valence-corrected chi connectivity index (χ4v) is 4.74. The molecule has 10 heteroatoms. The van der Waals surface area contributed by atoms with Gasteiger partial charge in [0.25, 0.3) is 0 Å². The minimum atomic E-state index is -3.56. The van der Waals surface area contributed by atoms with Gasteiger partial charge in [0.15, 0.2) is 0 Å². The molecule has 2 heterocycles. The minimum absolute atomic E-state index is 0.142. The van der Waals surface area contributed by atoms with Gasteiger partial charge in [-0.15, -0.1) is 0 Å². The average Bonchev–Trinajstić information content (AvgIpc) is 3.29. The zero-order valence-electron chi connectivity index (χ0n) is 17.7. The molecule has 32 heavy (non-hydrogen) atoms. The molecule has 1 saturated heterocycles. The number of ether oxygens (including phenoxy) is 1. The lowest BCUT2D eigenvalue weighted by Crippen LogP contribution is -2.40. The largest absolute Gasteiger partial charge is 0.379 e. The summed E-state index contributed by atoms with van der Waals surface area (Å²) in [7, 11) is -3.56. The summed E-state index contributed by atoms with van der Waals surface area (Å²) in [6.07, 6.45) is 0.501. The van der Waals surface area contributed by atoms with Gasteiger partial charge in [-0.1, -0.05) is 23.4 Å². The molecule has 4 rings (SSSR count). The van der Waals surface area contributed by atoms with Crippen molar-refractivity contribution in [3.05, 3.63) is 60.0 Å². The summed E-state index contributed by atoms with van der Waals surface area (Å²) in [6.45, 7) is 3.40. The summed E-state index contributed by atoms with van der Waals surface area (Å²) in [6, 6.07) is 13.9. The molecule has 9 nitrogen and oxygen atoms in total. The molecule has 0 bridgehead atoms. The van der Waals surface area contributed by atoms with Gasteiger partial charge >= 0.3 is 0 Å². The first-order valence-corrected chi connectivity index (χ1v) is 11.7. The van der Waals surface area contributed by atoms with Gasteiger partial charge in [0.05, 0.1) is 18.1 Å². The zero-order chi connectivity index (χ0) is 22.6. The van der Waals surface area contributed by atoms with Crippen LogP contribution in [0.5, 0.6) is 0 Å². The molecule has 168 valence electrons. The van der Waals surface area contributed by atoms with Crippen molar-refractivity contribution >= 4 is 21.6 Å². The molecule has 0 atom stereocenters. The van der Waals surface area contributed by atoms with E-state index < -0.39 is 10.0 Å². The van der Waals surface area contributed by atoms with E-state index in [1.807, 2.05) is 31.2 Å². The van der Waals surface area contributed by atoms with E-state index >= 15 is 0 Å². The first-order chi connectivity index (χ1) is 15.4. The van der Waals surface area contributed by atoms with Crippen LogP contribution >= 0.6 is 0 Å². The van der Waals surface area contributed by atoms with Gasteiger partial charge < -0.3 is 14.6 Å². The van der Waals surface area contributed by atoms with Crippen LogP contribution in [0.15, 0.2) is 57.9 Å². The minimum Gasteiger partial charge on any atom is -0.379 e. The van der Waals surface area contributed by atoms with E-state index in [1.54, 1.807) is 12.1 Å². The Kier molecular flexibility index (Phi) is 6.63. The molecular formula is C22H24N4O5S. The van der Waals surface area contributed by atoms with Gasteiger partial charge in [-0.3, -0.25) is 4.79 Å². The molecule has 1 aliphatic rings. The lowest BCUT2D eigenvalue weighted by molar-refractivity contribution is -0.116. The number of nitrogens with zero attached hydrogens (tertiary/aromatic N) is 3. The molecule has 0 spiro atoms. The Morgan fingerprint density at radius 3 is 2.53 bits per heavy atom. The summed E-state index contributed by atoms with van der Waals surface area (Å²) in [5.41, 5.74) is 2.39. The highest BCUT2D eigenvalue weighted by Crippen LogP contribution is 2.22. The lowest BCUT2D eigenvalue weighted by atomic mass is 10.2. The Morgan fingerprint density at radius 2 is 1.81 bits per heavy atom. The van der Waals surface area contributed by atoms with E-state index in [4.69, 9.17) is 9.26 Å². The molecule has 3 aromatic rings. The molecule has 1 amide bonds. The van der Waals surface area contributed by atoms with E-state index in [0.29, 0.717) is 50.0 Å². The van der Waals surface area contributed by atoms with Crippen LogP contribution in [-0.2, 0) is 26.0 Å². The van der Waals surface area contributed by atoms with Crippen LogP contribution in [0.4, 0.5) is 5.69 Å². The van der Waals surface area contributed by atoms with Crippen LogP contribution in [0.2, 0.25) is 0 Å². The maximum Gasteiger partial charge on any atom is 0.243 e. The van der Waals surface area contributed by atoms with Crippen molar-refractivity contribution in [1.29, 1.82) is 0 Å². The summed E-state index contributed by atoms with van der Waals surface area (Å²) in [5.74, 6) is 0.538. The fourth-order valence-electron chi connectivity index (χ4n) is 3.33. The third kappa shape index (κ3) is 5.04. The zero-order valence-corrected chi connectivity index (χ0v) is 18.5. The van der Waals surface area contributed by atoms with E-state index in [1.165, 1.54) is 16.4 Å². The fraction of sp³-hybridized carbons (Fsp3) is 0.318. The summed E-state index contributed by atoms with van der Waals surface area (Å²) < 4.78 is 37.3. The van der Waals surface area contributed by atoms with Crippen molar-refractivity contribution in [3.63, 3.8) is 0 Å². The third-order valence-electron chi connectivity index (χ3n) is 5.17. The number of hydrogen-bond acceptors (Lipinski definition) is 7. The number of rotatable bonds is 7. The topological polar surface area (TPSA) is 115 Å². The molecule has 1 aromatic heterocycles. The van der Waals surface area contributed by atoms with Crippen LogP contribution in [0.3, 0.4) is 0 Å². The predicted octanol–water partition coefficient (Wildman–Crippen LogP) is 2.64. The second-order valence-corrected chi connectivity index (χ2v) is 9.35. The number of amides is 1. The van der Waals surface area contributed by atoms with Crippen molar-refractivity contribution in [2.45, 2.75) is 24.7 Å². The number of benzene rings is 2. The Balaban J connectivity index is 1.37. The second kappa shape index (κ2) is 9.60. The molecule has 0 saturated carbocycles. The number of para-hydroxylation sites is 1. The number of aryl methyl sites for hydroxylation is 2. The van der Waals surface area contributed by atoms with Gasteiger partial charge in [0, 0.05) is 37.2 Å². The highest BCUT2D eigenvalue weighted by atomic mass is 32.2. The van der Waals surface area contributed by atoms with Crippen molar-refractivity contribution in [1.82, 2.24) is 14.4 Å². The number of hydrogen-bond donors (Lipinski definition) is 1. The number of carbonyl (C=O) groups is 1. The van der Waals surface area contributed by atoms with Crippen molar-refractivity contribution < 1.29 is 22.5 Å². The van der Waals surface area contributed by atoms with E-state index in [0.717, 1.165) is 11.3 Å². The van der Waals surface area contributed by atoms with Crippen LogP contribution in [0.1, 0.15) is 17.9 Å². The number of anilines is 1. The predicted molar refractivity (Wildman–Crippen MR) is 117 cm³/mol. The number of carbonyl (C=O) groups excluding carboxylic acids is 1. The van der Waals surface area contributed by atoms with Crippen molar-refractivity contribution in [2.24, 2.45) is 0 Å². The average molecular weight is 457 g/mol. The molecular weight excluding hydrogens is 432 g/mol. The monoisotopic (exact) mass is 456 g/mol. The number of sulfonamides is 1. The quantitative estimate of drug-likeness (QED) is 0.581. The van der Waals surface area contributed by atoms with Gasteiger partial charge in [-0.05, 0) is 42.8 Å². The second-order valence-electron chi connectivity index (χ2n) is 7.42. The van der Waals surface area contributed by atoms with Crippen LogP contribution in [0, 0.1) is 6.92 Å². The highest BCUT2D eigenvalue weighted by Gasteiger charge is 2.26. The maximum absolute atomic E-state index is 12.7. The Hall–Kier alpha value is -3.08. The molecule has 1 fully saturated rings. The number of morpholine rings is 1. The Bertz CT molecular complexity index is 1190. The molecule has 0 radical (unpaired) electrons. The Labute approximate surface area is 186 Å². The van der Waals surface area contributed by atoms with E-state index in [9.17, 15) is 13.2 Å². The smallest absolute Gasteiger partial charge is 0.243 e. The van der Waals surface area contributed by atoms with E-state index in [-0.39, 0.29) is 17.2 Å². The van der Waals surface area contributed by atoms with Crippen molar-refractivity contribution in [2.75, 3.05) is 31.6 Å². The third-order valence-corrected chi connectivity index (χ3v) is 7.09. The molecule has 0 unspecified atom stereocenters. The Morgan fingerprint density at radius 1 is 1.09 bits per heavy atom. The van der Waals surface area contributed by atoms with Crippen LogP contribution in [0.25, 0.3) is 11.4 Å². The summed E-state index contributed by atoms with van der Waals surface area (Å²) in [5, 5.41) is 6.82. The van der Waals surface area contributed by atoms with Crippen LogP contribution in [-0.4, -0.2) is 55.1 Å². The van der Waals surface area contributed by atoms with Gasteiger partial charge in [-0.2, -0.15) is 9.29 Å². The standard InChI is InChI=1S/C22H24N4O5S/c1-16-4-2-3-5-19(16)23-20(27)10-11-21-24-22(25-31-21)17-6-8-18(9-7-17)32(28,29)26-12-14-30-15-13-26/h2-9H,10-15H2,1H3,(H,23,27). The van der Waals surface area contributed by atoms with Gasteiger partial charge in [0.1, 0.15) is 0 Å². The van der Waals surface area contributed by atoms with Crippen LogP contribution < -0.4 is 5.32 Å². The molecule has 2 aromatic carbocycles. The summed E-state index contributed by atoms with van der Waals surface area (Å²) in [4.78, 5) is 16.7. The highest BCUT2D eigenvalue weighted by molar-refractivity contribution is 7.89. The number of aromatic nitrogens is 2. The number of nitrogens with one attached hydrogen (secondary N) is 1. The van der Waals surface area contributed by atoms with Gasteiger partial charge in [-0.25, -0.2) is 8.42 Å². The first kappa shape index (κ1) is 22.1. The van der Waals surface area contributed by atoms with E-state index in [2.05, 4.69) is 15.5 Å². The first-order valence-electron chi connectivity index (χ1n) is 10.3. The maximum atomic E-state index is 12.7. The SMILES string of the molecule is Cc1ccccc1NC(=O)CCc1nc(-c2ccc(S(=O)(=O)N3CCOCC3)cc2)no1. The van der Waals surface area contributed by atoms with Gasteiger partial charge in [0.2, 0.25) is 27.6 Å². The summed E-state index contributed by atoms with van der Waals surface area (Å²) >= 11 is 0. The molecule has 1 N–H and O–H groups in total. The molecule has 1 aliphatic heterocycles. The lowest BCUT2D eigenvalue weighted by Gasteiger charge is -2.26. The molecule has 0 aliphatic carbocycles.